The van der Waals surface area contributed by atoms with Crippen molar-refractivity contribution < 1.29 is 15.0 Å². The second-order valence-electron chi connectivity index (χ2n) is 8.03. The van der Waals surface area contributed by atoms with E-state index in [0.717, 1.165) is 32.1 Å². The third-order valence-electron chi connectivity index (χ3n) is 5.32. The molecule has 156 valence electrons. The Labute approximate surface area is 163 Å². The van der Waals surface area contributed by atoms with Gasteiger partial charge in [-0.25, -0.2) is 0 Å². The predicted octanol–water partition coefficient (Wildman–Crippen LogP) is 7.25. The van der Waals surface area contributed by atoms with E-state index in [1.165, 1.54) is 89.9 Å². The highest BCUT2D eigenvalue weighted by Crippen LogP contribution is 2.15. The van der Waals surface area contributed by atoms with Crippen LogP contribution in [0.2, 0.25) is 0 Å². The van der Waals surface area contributed by atoms with E-state index in [1.807, 2.05) is 0 Å². The molecule has 0 saturated heterocycles. The van der Waals surface area contributed by atoms with Gasteiger partial charge in [0.1, 0.15) is 0 Å². The summed E-state index contributed by atoms with van der Waals surface area (Å²) in [7, 11) is 0. The first kappa shape index (κ1) is 25.4. The largest absolute Gasteiger partial charge is 0.481 e. The summed E-state index contributed by atoms with van der Waals surface area (Å²) >= 11 is 0. The standard InChI is InChI=1S/C23H46O3/c1-2-3-4-5-6-10-13-16-19-22(24)20-17-14-11-8-7-9-12-15-18-21-23(25)26/h22,24H,2-21H2,1H3,(H,25,26). The molecule has 0 aromatic rings. The molecule has 1 unspecified atom stereocenters. The fourth-order valence-corrected chi connectivity index (χ4v) is 3.55. The number of hydrogen-bond acceptors (Lipinski definition) is 2. The summed E-state index contributed by atoms with van der Waals surface area (Å²) in [4.78, 5) is 10.4. The topological polar surface area (TPSA) is 57.5 Å². The monoisotopic (exact) mass is 370 g/mol. The maximum absolute atomic E-state index is 10.4. The Morgan fingerprint density at radius 1 is 0.615 bits per heavy atom. The van der Waals surface area contributed by atoms with Gasteiger partial charge >= 0.3 is 5.97 Å². The van der Waals surface area contributed by atoms with E-state index in [4.69, 9.17) is 5.11 Å². The average Bonchev–Trinajstić information content (AvgIpc) is 2.61. The van der Waals surface area contributed by atoms with Crippen molar-refractivity contribution in [2.75, 3.05) is 0 Å². The minimum absolute atomic E-state index is 0.0793. The van der Waals surface area contributed by atoms with E-state index in [9.17, 15) is 9.90 Å². The third kappa shape index (κ3) is 21.5. The van der Waals surface area contributed by atoms with Crippen molar-refractivity contribution in [2.24, 2.45) is 0 Å². The van der Waals surface area contributed by atoms with Gasteiger partial charge in [0.2, 0.25) is 0 Å². The van der Waals surface area contributed by atoms with Crippen molar-refractivity contribution in [3.63, 3.8) is 0 Å². The number of aliphatic hydroxyl groups excluding tert-OH is 1. The predicted molar refractivity (Wildman–Crippen MR) is 112 cm³/mol. The Bertz CT molecular complexity index is 291. The molecule has 3 nitrogen and oxygen atoms in total. The number of carboxylic acids is 1. The van der Waals surface area contributed by atoms with Crippen LogP contribution in [0.25, 0.3) is 0 Å². The molecule has 0 bridgehead atoms. The highest BCUT2D eigenvalue weighted by molar-refractivity contribution is 5.66. The highest BCUT2D eigenvalue weighted by atomic mass is 16.4. The first-order valence-corrected chi connectivity index (χ1v) is 11.6. The lowest BCUT2D eigenvalue weighted by Gasteiger charge is -2.10. The van der Waals surface area contributed by atoms with Gasteiger partial charge in [0.25, 0.3) is 0 Å². The number of aliphatic hydroxyl groups is 1. The molecule has 0 aliphatic carbocycles. The van der Waals surface area contributed by atoms with E-state index in [0.29, 0.717) is 6.42 Å². The Kier molecular flexibility index (Phi) is 20.3. The molecule has 2 N–H and O–H groups in total. The van der Waals surface area contributed by atoms with E-state index < -0.39 is 5.97 Å². The van der Waals surface area contributed by atoms with Crippen LogP contribution in [0.15, 0.2) is 0 Å². The molecule has 0 spiro atoms. The van der Waals surface area contributed by atoms with E-state index in [1.54, 1.807) is 0 Å². The van der Waals surface area contributed by atoms with Crippen LogP contribution in [-0.4, -0.2) is 22.3 Å². The number of hydrogen-bond donors (Lipinski definition) is 2. The van der Waals surface area contributed by atoms with Crippen LogP contribution in [0.1, 0.15) is 135 Å². The molecule has 0 saturated carbocycles. The van der Waals surface area contributed by atoms with Gasteiger partial charge in [0, 0.05) is 6.42 Å². The van der Waals surface area contributed by atoms with Crippen molar-refractivity contribution in [2.45, 2.75) is 141 Å². The molecule has 3 heteroatoms. The number of carbonyl (C=O) groups is 1. The van der Waals surface area contributed by atoms with Crippen LogP contribution < -0.4 is 0 Å². The molecule has 0 amide bonds. The summed E-state index contributed by atoms with van der Waals surface area (Å²) in [6.45, 7) is 2.26. The van der Waals surface area contributed by atoms with Crippen LogP contribution in [0.3, 0.4) is 0 Å². The Morgan fingerprint density at radius 3 is 1.35 bits per heavy atom. The normalized spacial score (nSPS) is 12.4. The van der Waals surface area contributed by atoms with Gasteiger partial charge in [-0.1, -0.05) is 110 Å². The summed E-state index contributed by atoms with van der Waals surface area (Å²) in [6, 6.07) is 0. The van der Waals surface area contributed by atoms with E-state index in [2.05, 4.69) is 6.92 Å². The van der Waals surface area contributed by atoms with Gasteiger partial charge in [-0.2, -0.15) is 0 Å². The maximum atomic E-state index is 10.4. The number of carboxylic acid groups (broad SMARTS) is 1. The molecule has 1 atom stereocenters. The van der Waals surface area contributed by atoms with Gasteiger partial charge in [0.05, 0.1) is 6.10 Å². The Morgan fingerprint density at radius 2 is 0.962 bits per heavy atom. The minimum Gasteiger partial charge on any atom is -0.481 e. The van der Waals surface area contributed by atoms with Gasteiger partial charge in [-0.05, 0) is 19.3 Å². The van der Waals surface area contributed by atoms with Crippen LogP contribution in [0, 0.1) is 0 Å². The summed E-state index contributed by atoms with van der Waals surface area (Å²) in [6.07, 6.45) is 23.4. The first-order chi connectivity index (χ1) is 12.7. The fraction of sp³-hybridized carbons (Fsp3) is 0.957. The lowest BCUT2D eigenvalue weighted by molar-refractivity contribution is -0.137. The molecule has 0 fully saturated rings. The van der Waals surface area contributed by atoms with Crippen LogP contribution >= 0.6 is 0 Å². The first-order valence-electron chi connectivity index (χ1n) is 11.6. The van der Waals surface area contributed by atoms with Crippen molar-refractivity contribution in [1.29, 1.82) is 0 Å². The number of rotatable bonds is 21. The Balaban J connectivity index is 3.15. The van der Waals surface area contributed by atoms with Crippen molar-refractivity contribution in [1.82, 2.24) is 0 Å². The lowest BCUT2D eigenvalue weighted by atomic mass is 10.0. The smallest absolute Gasteiger partial charge is 0.303 e. The van der Waals surface area contributed by atoms with E-state index >= 15 is 0 Å². The fourth-order valence-electron chi connectivity index (χ4n) is 3.55. The average molecular weight is 371 g/mol. The zero-order valence-corrected chi connectivity index (χ0v) is 17.5. The molecule has 0 aliphatic heterocycles. The van der Waals surface area contributed by atoms with Gasteiger partial charge in [0.15, 0.2) is 0 Å². The number of aliphatic carboxylic acids is 1. The van der Waals surface area contributed by atoms with Gasteiger partial charge < -0.3 is 10.2 Å². The minimum atomic E-state index is -0.672. The van der Waals surface area contributed by atoms with Crippen molar-refractivity contribution in [3.05, 3.63) is 0 Å². The van der Waals surface area contributed by atoms with Crippen molar-refractivity contribution >= 4 is 5.97 Å². The van der Waals surface area contributed by atoms with Crippen LogP contribution in [0.4, 0.5) is 0 Å². The maximum Gasteiger partial charge on any atom is 0.303 e. The number of unbranched alkanes of at least 4 members (excludes halogenated alkanes) is 15. The van der Waals surface area contributed by atoms with Crippen molar-refractivity contribution in [3.8, 4) is 0 Å². The van der Waals surface area contributed by atoms with Crippen LogP contribution in [0.5, 0.6) is 0 Å². The van der Waals surface area contributed by atoms with Crippen LogP contribution in [-0.2, 0) is 4.79 Å². The second kappa shape index (κ2) is 20.7. The molecule has 0 heterocycles. The second-order valence-corrected chi connectivity index (χ2v) is 8.03. The molecule has 0 aliphatic rings. The summed E-state index contributed by atoms with van der Waals surface area (Å²) < 4.78 is 0. The molecule has 0 aromatic heterocycles. The summed E-state index contributed by atoms with van der Waals surface area (Å²) in [5, 5.41) is 18.6. The molecule has 0 rings (SSSR count). The molecular weight excluding hydrogens is 324 g/mol. The van der Waals surface area contributed by atoms with Gasteiger partial charge in [-0.3, -0.25) is 4.79 Å². The third-order valence-corrected chi connectivity index (χ3v) is 5.32. The quantitative estimate of drug-likeness (QED) is 0.209. The highest BCUT2D eigenvalue weighted by Gasteiger charge is 2.03. The molecule has 26 heavy (non-hydrogen) atoms. The SMILES string of the molecule is CCCCCCCCCCC(O)CCCCCCCCCCCC(=O)O. The Hall–Kier alpha value is -0.570. The van der Waals surface area contributed by atoms with Gasteiger partial charge in [-0.15, -0.1) is 0 Å². The molecule has 0 radical (unpaired) electrons. The van der Waals surface area contributed by atoms with E-state index in [-0.39, 0.29) is 6.10 Å². The zero-order valence-electron chi connectivity index (χ0n) is 17.5. The zero-order chi connectivity index (χ0) is 19.3. The lowest BCUT2D eigenvalue weighted by Crippen LogP contribution is -2.05. The molecule has 0 aromatic carbocycles. The summed E-state index contributed by atoms with van der Waals surface area (Å²) in [5.41, 5.74) is 0. The summed E-state index contributed by atoms with van der Waals surface area (Å²) in [5.74, 6) is -0.672. The molecular formula is C23H46O3.